The van der Waals surface area contributed by atoms with Crippen LogP contribution in [-0.2, 0) is 0 Å². The van der Waals surface area contributed by atoms with E-state index in [1.165, 1.54) is 12.8 Å². The van der Waals surface area contributed by atoms with Gasteiger partial charge < -0.3 is 5.32 Å². The van der Waals surface area contributed by atoms with E-state index in [0.717, 1.165) is 12.5 Å². The van der Waals surface area contributed by atoms with Gasteiger partial charge in [-0.15, -0.1) is 0 Å². The summed E-state index contributed by atoms with van der Waals surface area (Å²) in [7, 11) is 2.03. The predicted octanol–water partition coefficient (Wildman–Crippen LogP) is 2.67. The lowest BCUT2D eigenvalue weighted by Gasteiger charge is -2.24. The minimum absolute atomic E-state index is 0.484. The van der Waals surface area contributed by atoms with Crippen molar-refractivity contribution in [3.05, 3.63) is 0 Å². The summed E-state index contributed by atoms with van der Waals surface area (Å²) in [5.41, 5.74) is 0.484. The van der Waals surface area contributed by atoms with Gasteiger partial charge in [-0.1, -0.05) is 34.1 Å². The zero-order valence-electron chi connectivity index (χ0n) is 8.70. The monoisotopic (exact) mass is 157 g/mol. The van der Waals surface area contributed by atoms with Crippen molar-refractivity contribution in [3.63, 3.8) is 0 Å². The van der Waals surface area contributed by atoms with Crippen LogP contribution in [0.2, 0.25) is 0 Å². The minimum Gasteiger partial charge on any atom is -0.319 e. The second-order valence-corrected chi connectivity index (χ2v) is 4.60. The van der Waals surface area contributed by atoms with Crippen LogP contribution in [0.15, 0.2) is 0 Å². The van der Waals surface area contributed by atoms with Crippen molar-refractivity contribution >= 4 is 0 Å². The van der Waals surface area contributed by atoms with E-state index in [-0.39, 0.29) is 0 Å². The Morgan fingerprint density at radius 2 is 1.82 bits per heavy atom. The van der Waals surface area contributed by atoms with E-state index in [0.29, 0.717) is 5.41 Å². The van der Waals surface area contributed by atoms with Crippen LogP contribution in [0.1, 0.15) is 40.5 Å². The van der Waals surface area contributed by atoms with E-state index in [1.807, 2.05) is 7.05 Å². The molecule has 1 N–H and O–H groups in total. The molecule has 0 fully saturated rings. The molecule has 1 nitrogen and oxygen atoms in total. The van der Waals surface area contributed by atoms with Crippen molar-refractivity contribution in [1.82, 2.24) is 5.32 Å². The van der Waals surface area contributed by atoms with Gasteiger partial charge in [0.15, 0.2) is 0 Å². The Morgan fingerprint density at radius 3 is 2.09 bits per heavy atom. The molecule has 0 saturated carbocycles. The summed E-state index contributed by atoms with van der Waals surface area (Å²) in [5.74, 6) is 0.847. The van der Waals surface area contributed by atoms with Gasteiger partial charge in [0.1, 0.15) is 0 Å². The molecular formula is C10H23N. The largest absolute Gasteiger partial charge is 0.319 e. The van der Waals surface area contributed by atoms with Gasteiger partial charge in [-0.05, 0) is 31.3 Å². The summed E-state index contributed by atoms with van der Waals surface area (Å²) in [4.78, 5) is 0. The third-order valence-corrected chi connectivity index (χ3v) is 1.97. The molecule has 0 heterocycles. The first kappa shape index (κ1) is 11.0. The van der Waals surface area contributed by atoms with Crippen LogP contribution in [0, 0.1) is 11.3 Å². The van der Waals surface area contributed by atoms with E-state index in [9.17, 15) is 0 Å². The molecule has 0 aromatic carbocycles. The van der Waals surface area contributed by atoms with Crippen molar-refractivity contribution in [2.45, 2.75) is 40.5 Å². The van der Waals surface area contributed by atoms with Crippen LogP contribution in [0.3, 0.4) is 0 Å². The lowest BCUT2D eigenvalue weighted by atomic mass is 9.83. The van der Waals surface area contributed by atoms with Gasteiger partial charge in [-0.2, -0.15) is 0 Å². The molecule has 1 unspecified atom stereocenters. The average Bonchev–Trinajstić information content (AvgIpc) is 1.84. The Morgan fingerprint density at radius 1 is 1.27 bits per heavy atom. The van der Waals surface area contributed by atoms with Crippen molar-refractivity contribution in [2.24, 2.45) is 11.3 Å². The summed E-state index contributed by atoms with van der Waals surface area (Å²) in [6.07, 6.45) is 2.61. The minimum atomic E-state index is 0.484. The van der Waals surface area contributed by atoms with E-state index in [4.69, 9.17) is 0 Å². The van der Waals surface area contributed by atoms with Crippen LogP contribution in [0.5, 0.6) is 0 Å². The summed E-state index contributed by atoms with van der Waals surface area (Å²) >= 11 is 0. The molecule has 1 atom stereocenters. The number of hydrogen-bond donors (Lipinski definition) is 1. The predicted molar refractivity (Wildman–Crippen MR) is 51.8 cm³/mol. The molecule has 0 saturated heterocycles. The van der Waals surface area contributed by atoms with Gasteiger partial charge in [-0.25, -0.2) is 0 Å². The van der Waals surface area contributed by atoms with Crippen LogP contribution in [0.4, 0.5) is 0 Å². The highest BCUT2D eigenvalue weighted by Crippen LogP contribution is 2.25. The van der Waals surface area contributed by atoms with E-state index >= 15 is 0 Å². The van der Waals surface area contributed by atoms with Crippen molar-refractivity contribution in [2.75, 3.05) is 13.6 Å². The highest BCUT2D eigenvalue weighted by Gasteiger charge is 2.16. The Kier molecular flexibility index (Phi) is 4.74. The summed E-state index contributed by atoms with van der Waals surface area (Å²) in [6.45, 7) is 10.4. The standard InChI is InChI=1S/C10H23N/c1-6-9(8-11-5)7-10(2,3)4/h9,11H,6-8H2,1-5H3. The highest BCUT2D eigenvalue weighted by molar-refractivity contribution is 4.69. The summed E-state index contributed by atoms with van der Waals surface area (Å²) in [6, 6.07) is 0. The van der Waals surface area contributed by atoms with E-state index < -0.39 is 0 Å². The topological polar surface area (TPSA) is 12.0 Å². The van der Waals surface area contributed by atoms with Crippen LogP contribution >= 0.6 is 0 Å². The van der Waals surface area contributed by atoms with Gasteiger partial charge in [-0.3, -0.25) is 0 Å². The summed E-state index contributed by atoms with van der Waals surface area (Å²) < 4.78 is 0. The molecule has 0 aromatic heterocycles. The van der Waals surface area contributed by atoms with Crippen molar-refractivity contribution < 1.29 is 0 Å². The first-order valence-corrected chi connectivity index (χ1v) is 4.64. The molecule has 0 aliphatic rings. The van der Waals surface area contributed by atoms with Crippen molar-refractivity contribution in [1.29, 1.82) is 0 Å². The number of hydrogen-bond acceptors (Lipinski definition) is 1. The fourth-order valence-corrected chi connectivity index (χ4v) is 1.52. The molecule has 0 rings (SSSR count). The molecule has 0 radical (unpaired) electrons. The SMILES string of the molecule is CCC(CNC)CC(C)(C)C. The Bertz CT molecular complexity index is 91.5. The fraction of sp³-hybridized carbons (Fsp3) is 1.00. The maximum atomic E-state index is 3.24. The van der Waals surface area contributed by atoms with Gasteiger partial charge in [0.25, 0.3) is 0 Å². The number of rotatable bonds is 4. The lowest BCUT2D eigenvalue weighted by Crippen LogP contribution is -2.22. The molecule has 0 bridgehead atoms. The van der Waals surface area contributed by atoms with Gasteiger partial charge in [0, 0.05) is 0 Å². The molecule has 0 amide bonds. The summed E-state index contributed by atoms with van der Waals surface area (Å²) in [5, 5.41) is 3.24. The highest BCUT2D eigenvalue weighted by atomic mass is 14.8. The van der Waals surface area contributed by atoms with Gasteiger partial charge in [0.05, 0.1) is 0 Å². The second kappa shape index (κ2) is 4.76. The smallest absolute Gasteiger partial charge is 0.00234 e. The Balaban J connectivity index is 3.68. The Hall–Kier alpha value is -0.0400. The quantitative estimate of drug-likeness (QED) is 0.661. The molecule has 0 aliphatic carbocycles. The molecule has 0 aliphatic heterocycles. The fourth-order valence-electron chi connectivity index (χ4n) is 1.52. The van der Waals surface area contributed by atoms with Gasteiger partial charge in [0.2, 0.25) is 0 Å². The molecule has 11 heavy (non-hydrogen) atoms. The average molecular weight is 157 g/mol. The molecular weight excluding hydrogens is 134 g/mol. The number of nitrogens with one attached hydrogen (secondary N) is 1. The molecule has 0 aromatic rings. The van der Waals surface area contributed by atoms with E-state index in [2.05, 4.69) is 33.0 Å². The van der Waals surface area contributed by atoms with Crippen molar-refractivity contribution in [3.8, 4) is 0 Å². The third kappa shape index (κ3) is 6.36. The molecule has 68 valence electrons. The van der Waals surface area contributed by atoms with Crippen LogP contribution in [-0.4, -0.2) is 13.6 Å². The zero-order chi connectivity index (χ0) is 8.91. The lowest BCUT2D eigenvalue weighted by molar-refractivity contribution is 0.284. The van der Waals surface area contributed by atoms with E-state index in [1.54, 1.807) is 0 Å². The maximum Gasteiger partial charge on any atom is -0.00234 e. The zero-order valence-corrected chi connectivity index (χ0v) is 8.70. The second-order valence-electron chi connectivity index (χ2n) is 4.60. The van der Waals surface area contributed by atoms with Gasteiger partial charge >= 0.3 is 0 Å². The molecule has 1 heteroatoms. The van der Waals surface area contributed by atoms with Crippen LogP contribution in [0.25, 0.3) is 0 Å². The normalized spacial score (nSPS) is 15.0. The first-order chi connectivity index (χ1) is 4.99. The third-order valence-electron chi connectivity index (χ3n) is 1.97. The maximum absolute atomic E-state index is 3.24. The molecule has 0 spiro atoms. The Labute approximate surface area is 71.6 Å². The first-order valence-electron chi connectivity index (χ1n) is 4.64. The van der Waals surface area contributed by atoms with Crippen LogP contribution < -0.4 is 5.32 Å².